The number of ether oxygens (including phenoxy) is 3. The molecule has 3 heterocycles. The lowest BCUT2D eigenvalue weighted by Crippen LogP contribution is -2.37. The molecule has 16 heteroatoms. The van der Waals surface area contributed by atoms with Crippen LogP contribution in [0.25, 0.3) is 16.6 Å². The second kappa shape index (κ2) is 17.4. The number of benzene rings is 3. The molecule has 1 amide bonds. The number of halogens is 3. The second-order valence-electron chi connectivity index (χ2n) is 15.3. The number of sulfonamides is 1. The van der Waals surface area contributed by atoms with E-state index in [1.165, 1.54) is 29.1 Å². The van der Waals surface area contributed by atoms with E-state index in [1.807, 2.05) is 22.9 Å². The van der Waals surface area contributed by atoms with Gasteiger partial charge < -0.3 is 29.8 Å². The van der Waals surface area contributed by atoms with Gasteiger partial charge in [0.15, 0.2) is 11.6 Å². The van der Waals surface area contributed by atoms with Gasteiger partial charge in [0.1, 0.15) is 28.4 Å². The van der Waals surface area contributed by atoms with Crippen LogP contribution in [0.4, 0.5) is 14.5 Å². The lowest BCUT2D eigenvalue weighted by atomic mass is 9.72. The Bertz CT molecular complexity index is 2420. The van der Waals surface area contributed by atoms with Crippen molar-refractivity contribution in [3.05, 3.63) is 107 Å². The Balaban J connectivity index is 1.04. The second-order valence-corrected chi connectivity index (χ2v) is 17.5. The SMILES string of the molecule is CC1(C)CCC(CNCCNc2ccc(C(=O)NS(=O)(=O)c3cnc(OCC4(F)CCOCC4)c(F)c3)c(Oc3cccc4[nH]cnc34)c2)=C(c2ccc(Cl)cc2)C1. The molecule has 12 nitrogen and oxygen atoms in total. The van der Waals surface area contributed by atoms with Gasteiger partial charge in [0, 0.05) is 68.5 Å². The highest BCUT2D eigenvalue weighted by Gasteiger charge is 2.34. The van der Waals surface area contributed by atoms with Crippen molar-refractivity contribution in [2.24, 2.45) is 5.41 Å². The van der Waals surface area contributed by atoms with Gasteiger partial charge in [-0.15, -0.1) is 0 Å². The Hall–Kier alpha value is -5.09. The van der Waals surface area contributed by atoms with Crippen molar-refractivity contribution in [2.75, 3.05) is 44.8 Å². The number of fused-ring (bicyclic) bond motifs is 1. The van der Waals surface area contributed by atoms with E-state index in [9.17, 15) is 22.0 Å². The monoisotopic (exact) mass is 834 g/mol. The van der Waals surface area contributed by atoms with Gasteiger partial charge in [0.2, 0.25) is 0 Å². The van der Waals surface area contributed by atoms with E-state index in [4.69, 9.17) is 25.8 Å². The minimum Gasteiger partial charge on any atom is -0.472 e. The summed E-state index contributed by atoms with van der Waals surface area (Å²) in [5.41, 5.74) is 4.10. The van der Waals surface area contributed by atoms with Crippen LogP contribution in [0.1, 0.15) is 61.9 Å². The summed E-state index contributed by atoms with van der Waals surface area (Å²) in [5, 5.41) is 7.61. The first kappa shape index (κ1) is 41.1. The van der Waals surface area contributed by atoms with E-state index < -0.39 is 44.8 Å². The molecule has 0 radical (unpaired) electrons. The standard InChI is InChI=1S/C42H45ClF2N6O6S/c1-41(2)13-12-28(33(22-41)27-6-8-29(43)9-7-27)23-46-16-17-47-30-10-11-32(37(20-30)57-36-5-3-4-35-38(36)50-26-49-35)39(52)51-58(53,54)31-21-34(44)40(48-24-31)56-25-42(45)14-18-55-19-15-42/h3-11,20-21,24,26,46-47H,12-19,22-23,25H2,1-2H3,(H,49,50)(H,51,52). The van der Waals surface area contributed by atoms with Gasteiger partial charge in [-0.3, -0.25) is 4.79 Å². The van der Waals surface area contributed by atoms with Crippen LogP contribution in [-0.2, 0) is 14.8 Å². The minimum absolute atomic E-state index is 0.0464. The molecule has 2 aromatic heterocycles. The van der Waals surface area contributed by atoms with E-state index in [0.29, 0.717) is 46.6 Å². The molecule has 1 aliphatic heterocycles. The van der Waals surface area contributed by atoms with E-state index in [-0.39, 0.29) is 42.8 Å². The number of aromatic amines is 1. The molecule has 1 fully saturated rings. The Kier molecular flexibility index (Phi) is 12.3. The lowest BCUT2D eigenvalue weighted by Gasteiger charge is -2.34. The van der Waals surface area contributed by atoms with E-state index in [1.54, 1.807) is 24.3 Å². The first-order valence-corrected chi connectivity index (χ1v) is 20.9. The summed E-state index contributed by atoms with van der Waals surface area (Å²) in [7, 11) is -4.63. The fourth-order valence-electron chi connectivity index (χ4n) is 7.04. The topological polar surface area (TPSA) is 157 Å². The van der Waals surface area contributed by atoms with Crippen molar-refractivity contribution in [3.8, 4) is 17.4 Å². The number of amides is 1. The number of alkyl halides is 1. The van der Waals surface area contributed by atoms with E-state index in [0.717, 1.165) is 32.0 Å². The Labute approximate surface area is 340 Å². The van der Waals surface area contributed by atoms with Crippen molar-refractivity contribution < 1.29 is 36.2 Å². The average Bonchev–Trinajstić information content (AvgIpc) is 3.68. The zero-order valence-corrected chi connectivity index (χ0v) is 33.7. The zero-order valence-electron chi connectivity index (χ0n) is 32.2. The van der Waals surface area contributed by atoms with E-state index in [2.05, 4.69) is 51.6 Å². The van der Waals surface area contributed by atoms with Gasteiger partial charge in [-0.05, 0) is 72.2 Å². The van der Waals surface area contributed by atoms with Crippen LogP contribution in [0.15, 0.2) is 89.7 Å². The highest BCUT2D eigenvalue weighted by atomic mass is 35.5. The molecular weight excluding hydrogens is 790 g/mol. The molecule has 1 aliphatic carbocycles. The smallest absolute Gasteiger partial charge is 0.268 e. The quantitative estimate of drug-likeness (QED) is 0.0758. The average molecular weight is 835 g/mol. The van der Waals surface area contributed by atoms with Crippen LogP contribution in [0.5, 0.6) is 17.4 Å². The van der Waals surface area contributed by atoms with E-state index >= 15 is 0 Å². The zero-order chi connectivity index (χ0) is 40.9. The number of nitrogens with one attached hydrogen (secondary N) is 4. The van der Waals surface area contributed by atoms with Gasteiger partial charge in [0.25, 0.3) is 21.8 Å². The number of para-hydroxylation sites is 1. The molecule has 1 saturated heterocycles. The summed E-state index contributed by atoms with van der Waals surface area (Å²) in [6, 6.07) is 18.6. The van der Waals surface area contributed by atoms with Gasteiger partial charge in [-0.1, -0.05) is 49.2 Å². The predicted octanol–water partition coefficient (Wildman–Crippen LogP) is 8.22. The largest absolute Gasteiger partial charge is 0.472 e. The minimum atomic E-state index is -4.63. The molecular formula is C42H45ClF2N6O6S. The fourth-order valence-corrected chi connectivity index (χ4v) is 8.09. The molecule has 5 aromatic rings. The molecule has 0 spiro atoms. The van der Waals surface area contributed by atoms with Crippen molar-refractivity contribution in [1.82, 2.24) is 25.0 Å². The van der Waals surface area contributed by atoms with Gasteiger partial charge in [0.05, 0.1) is 23.6 Å². The first-order chi connectivity index (χ1) is 27.8. The molecule has 306 valence electrons. The third-order valence-corrected chi connectivity index (χ3v) is 11.9. The number of rotatable bonds is 15. The summed E-state index contributed by atoms with van der Waals surface area (Å²) in [5.74, 6) is -2.35. The molecule has 0 bridgehead atoms. The summed E-state index contributed by atoms with van der Waals surface area (Å²) in [6.07, 6.45) is 5.58. The highest BCUT2D eigenvalue weighted by Crippen LogP contribution is 2.43. The number of aromatic nitrogens is 3. The molecule has 3 aromatic carbocycles. The maximum absolute atomic E-state index is 15.0. The Morgan fingerprint density at radius 1 is 1.00 bits per heavy atom. The molecule has 4 N–H and O–H groups in total. The number of carbonyl (C=O) groups is 1. The number of hydrogen-bond acceptors (Lipinski definition) is 10. The highest BCUT2D eigenvalue weighted by molar-refractivity contribution is 7.90. The number of carbonyl (C=O) groups excluding carboxylic acids is 1. The molecule has 7 rings (SSSR count). The third kappa shape index (κ3) is 9.95. The first-order valence-electron chi connectivity index (χ1n) is 19.1. The maximum Gasteiger partial charge on any atom is 0.268 e. The number of hydrogen-bond donors (Lipinski definition) is 4. The molecule has 0 saturated carbocycles. The van der Waals surface area contributed by atoms with Crippen LogP contribution in [-0.4, -0.2) is 74.4 Å². The van der Waals surface area contributed by atoms with Crippen molar-refractivity contribution in [2.45, 2.75) is 56.5 Å². The van der Waals surface area contributed by atoms with Crippen LogP contribution in [0.2, 0.25) is 5.02 Å². The number of allylic oxidation sites excluding steroid dienone is 1. The van der Waals surface area contributed by atoms with Crippen LogP contribution in [0, 0.1) is 11.2 Å². The number of nitrogens with zero attached hydrogens (tertiary/aromatic N) is 2. The van der Waals surface area contributed by atoms with Gasteiger partial charge in [-0.25, -0.2) is 31.9 Å². The van der Waals surface area contributed by atoms with Crippen LogP contribution >= 0.6 is 11.6 Å². The molecule has 58 heavy (non-hydrogen) atoms. The Morgan fingerprint density at radius 3 is 2.57 bits per heavy atom. The number of imidazole rings is 1. The normalized spacial score (nSPS) is 16.6. The molecule has 0 unspecified atom stereocenters. The summed E-state index contributed by atoms with van der Waals surface area (Å²) >= 11 is 6.17. The predicted molar refractivity (Wildman–Crippen MR) is 218 cm³/mol. The van der Waals surface area contributed by atoms with Gasteiger partial charge in [-0.2, -0.15) is 0 Å². The number of anilines is 1. The van der Waals surface area contributed by atoms with Crippen LogP contribution < -0.4 is 24.8 Å². The number of pyridine rings is 1. The summed E-state index contributed by atoms with van der Waals surface area (Å²) in [6.45, 7) is 6.43. The van der Waals surface area contributed by atoms with Crippen LogP contribution in [0.3, 0.4) is 0 Å². The maximum atomic E-state index is 15.0. The molecule has 2 aliphatic rings. The third-order valence-electron chi connectivity index (χ3n) is 10.4. The summed E-state index contributed by atoms with van der Waals surface area (Å²) in [4.78, 5) is 24.1. The van der Waals surface area contributed by atoms with Gasteiger partial charge >= 0.3 is 0 Å². The van der Waals surface area contributed by atoms with Crippen molar-refractivity contribution in [1.29, 1.82) is 0 Å². The summed E-state index contributed by atoms with van der Waals surface area (Å²) < 4.78 is 75.3. The number of H-pyrrole nitrogens is 1. The lowest BCUT2D eigenvalue weighted by molar-refractivity contribution is -0.0337. The van der Waals surface area contributed by atoms with Crippen molar-refractivity contribution in [3.63, 3.8) is 0 Å². The Morgan fingerprint density at radius 2 is 1.79 bits per heavy atom. The molecule has 0 atom stereocenters. The van der Waals surface area contributed by atoms with Crippen molar-refractivity contribution >= 4 is 49.8 Å². The fraction of sp³-hybridized carbons (Fsp3) is 0.357.